The first kappa shape index (κ1) is 15.1. The lowest BCUT2D eigenvalue weighted by molar-refractivity contribution is 0.211. The van der Waals surface area contributed by atoms with Crippen LogP contribution in [0, 0.1) is 0 Å². The van der Waals surface area contributed by atoms with Gasteiger partial charge < -0.3 is 15.2 Å². The fraction of sp³-hybridized carbons (Fsp3) is 0.111. The van der Waals surface area contributed by atoms with Gasteiger partial charge in [0, 0.05) is 17.3 Å². The lowest BCUT2D eigenvalue weighted by Crippen LogP contribution is -2.09. The first-order chi connectivity index (χ1) is 12.3. The summed E-state index contributed by atoms with van der Waals surface area (Å²) in [5.41, 5.74) is 8.08. The van der Waals surface area contributed by atoms with Crippen LogP contribution in [0.25, 0.3) is 17.0 Å². The molecule has 0 atom stereocenters. The third-order valence-electron chi connectivity index (χ3n) is 3.61. The van der Waals surface area contributed by atoms with Gasteiger partial charge in [0.2, 0.25) is 5.88 Å². The normalized spacial score (nSPS) is 10.9. The number of hydrogen-bond donors (Lipinski definition) is 2. The van der Waals surface area contributed by atoms with Gasteiger partial charge in [-0.1, -0.05) is 30.3 Å². The first-order valence-electron chi connectivity index (χ1n) is 7.90. The number of hydrogen-bond acceptors (Lipinski definition) is 5. The predicted molar refractivity (Wildman–Crippen MR) is 94.6 cm³/mol. The Balaban J connectivity index is 1.38. The summed E-state index contributed by atoms with van der Waals surface area (Å²) in [4.78, 5) is 4.50. The molecule has 2 aromatic heterocycles. The van der Waals surface area contributed by atoms with Gasteiger partial charge in [0.05, 0.1) is 0 Å². The molecule has 3 N–H and O–H groups in total. The predicted octanol–water partition coefficient (Wildman–Crippen LogP) is 2.76. The number of anilines is 1. The van der Waals surface area contributed by atoms with E-state index in [0.717, 1.165) is 11.3 Å². The highest BCUT2D eigenvalue weighted by atomic mass is 16.5. The molecule has 2 aromatic carbocycles. The molecule has 7 nitrogen and oxygen atoms in total. The number of ether oxygens (including phenoxy) is 2. The number of aromatic amines is 1. The fourth-order valence-electron chi connectivity index (χ4n) is 2.46. The summed E-state index contributed by atoms with van der Waals surface area (Å²) in [6.07, 6.45) is 0. The molecular formula is C18H17N5O2. The van der Waals surface area contributed by atoms with Gasteiger partial charge in [-0.2, -0.15) is 4.63 Å². The molecule has 0 amide bonds. The second kappa shape index (κ2) is 6.56. The average Bonchev–Trinajstić information content (AvgIpc) is 3.18. The highest BCUT2D eigenvalue weighted by Gasteiger charge is 2.09. The Kier molecular flexibility index (Phi) is 3.96. The van der Waals surface area contributed by atoms with Crippen molar-refractivity contribution in [3.8, 4) is 23.0 Å². The Hall–Kier alpha value is -3.48. The number of para-hydroxylation sites is 1. The van der Waals surface area contributed by atoms with E-state index in [0.29, 0.717) is 36.3 Å². The lowest BCUT2D eigenvalue weighted by Gasteiger charge is -2.05. The van der Waals surface area contributed by atoms with Crippen LogP contribution in [-0.4, -0.2) is 33.0 Å². The molecule has 0 saturated heterocycles. The Morgan fingerprint density at radius 2 is 1.80 bits per heavy atom. The third-order valence-corrected chi connectivity index (χ3v) is 3.61. The third kappa shape index (κ3) is 3.40. The minimum absolute atomic E-state index is 0.400. The van der Waals surface area contributed by atoms with E-state index in [1.165, 1.54) is 0 Å². The number of nitrogens with one attached hydrogen (secondary N) is 1. The van der Waals surface area contributed by atoms with Gasteiger partial charge in [-0.15, -0.1) is 5.10 Å². The van der Waals surface area contributed by atoms with E-state index < -0.39 is 0 Å². The number of nitrogen functional groups attached to an aromatic ring is 1. The van der Waals surface area contributed by atoms with Crippen LogP contribution in [0.4, 0.5) is 5.69 Å². The number of H-pyrrole nitrogens is 1. The van der Waals surface area contributed by atoms with Crippen LogP contribution < -0.4 is 15.2 Å². The molecule has 126 valence electrons. The molecule has 2 heterocycles. The van der Waals surface area contributed by atoms with Gasteiger partial charge in [-0.3, -0.25) is 5.10 Å². The van der Waals surface area contributed by atoms with Gasteiger partial charge in [0.25, 0.3) is 0 Å². The molecule has 4 rings (SSSR count). The summed E-state index contributed by atoms with van der Waals surface area (Å²) < 4.78 is 12.8. The second-order valence-electron chi connectivity index (χ2n) is 5.46. The molecule has 25 heavy (non-hydrogen) atoms. The smallest absolute Gasteiger partial charge is 0.237 e. The maximum atomic E-state index is 5.80. The standard InChI is InChI=1S/C18H17N5O2/c19-14-6-4-5-13(11-14)18-20-16-12-17(21-23(16)22-18)25-10-9-24-15-7-2-1-3-8-15/h1-8,11-12H,9-10,19H2,(H,20,22). The molecule has 0 aliphatic rings. The second-order valence-corrected chi connectivity index (χ2v) is 5.46. The van der Waals surface area contributed by atoms with Gasteiger partial charge in [0.1, 0.15) is 19.0 Å². The van der Waals surface area contributed by atoms with Gasteiger partial charge in [-0.05, 0) is 24.3 Å². The quantitative estimate of drug-likeness (QED) is 0.418. The summed E-state index contributed by atoms with van der Waals surface area (Å²) in [5, 5.41) is 7.42. The molecule has 4 aromatic rings. The minimum Gasteiger partial charge on any atom is -0.490 e. The molecule has 0 fully saturated rings. The largest absolute Gasteiger partial charge is 0.490 e. The van der Waals surface area contributed by atoms with E-state index in [1.54, 1.807) is 10.7 Å². The summed E-state index contributed by atoms with van der Waals surface area (Å²) in [6, 6.07) is 18.9. The van der Waals surface area contributed by atoms with Crippen molar-refractivity contribution in [3.05, 3.63) is 60.7 Å². The minimum atomic E-state index is 0.400. The number of benzene rings is 2. The zero-order valence-corrected chi connectivity index (χ0v) is 13.4. The number of nitrogens with zero attached hydrogens (tertiary/aromatic N) is 3. The Labute approximate surface area is 144 Å². The van der Waals surface area contributed by atoms with Crippen molar-refractivity contribution < 1.29 is 9.47 Å². The maximum Gasteiger partial charge on any atom is 0.237 e. The molecule has 0 bridgehead atoms. The van der Waals surface area contributed by atoms with E-state index in [-0.39, 0.29) is 0 Å². The molecule has 0 aliphatic heterocycles. The van der Waals surface area contributed by atoms with Crippen LogP contribution in [0.1, 0.15) is 0 Å². The Morgan fingerprint density at radius 3 is 2.60 bits per heavy atom. The molecule has 0 spiro atoms. The monoisotopic (exact) mass is 335 g/mol. The molecule has 0 saturated carbocycles. The van der Waals surface area contributed by atoms with Crippen molar-refractivity contribution in [1.82, 2.24) is 19.8 Å². The SMILES string of the molecule is Nc1cccc(-c2nc3cc(OCCOc4ccccc4)nn3[nH]2)c1. The number of nitrogens with two attached hydrogens (primary N) is 1. The number of rotatable bonds is 6. The fourth-order valence-corrected chi connectivity index (χ4v) is 2.46. The van der Waals surface area contributed by atoms with E-state index in [1.807, 2.05) is 54.6 Å². The average molecular weight is 335 g/mol. The maximum absolute atomic E-state index is 5.80. The van der Waals surface area contributed by atoms with Crippen molar-refractivity contribution in [2.24, 2.45) is 0 Å². The van der Waals surface area contributed by atoms with Crippen LogP contribution in [-0.2, 0) is 0 Å². The topological polar surface area (TPSA) is 90.5 Å². The van der Waals surface area contributed by atoms with Crippen molar-refractivity contribution in [1.29, 1.82) is 0 Å². The Bertz CT molecular complexity index is 946. The molecule has 0 radical (unpaired) electrons. The van der Waals surface area contributed by atoms with Crippen molar-refractivity contribution >= 4 is 11.3 Å². The summed E-state index contributed by atoms with van der Waals surface area (Å²) in [5.74, 6) is 2.01. The first-order valence-corrected chi connectivity index (χ1v) is 7.90. The van der Waals surface area contributed by atoms with Gasteiger partial charge in [0.15, 0.2) is 11.5 Å². The zero-order valence-electron chi connectivity index (χ0n) is 13.4. The van der Waals surface area contributed by atoms with E-state index in [4.69, 9.17) is 15.2 Å². The van der Waals surface area contributed by atoms with Crippen LogP contribution in [0.3, 0.4) is 0 Å². The lowest BCUT2D eigenvalue weighted by atomic mass is 10.2. The van der Waals surface area contributed by atoms with Gasteiger partial charge in [-0.25, -0.2) is 4.98 Å². The molecular weight excluding hydrogens is 318 g/mol. The molecule has 0 unspecified atom stereocenters. The van der Waals surface area contributed by atoms with Crippen molar-refractivity contribution in [2.45, 2.75) is 0 Å². The van der Waals surface area contributed by atoms with Crippen LogP contribution in [0.5, 0.6) is 11.6 Å². The van der Waals surface area contributed by atoms with Crippen molar-refractivity contribution in [2.75, 3.05) is 18.9 Å². The summed E-state index contributed by atoms with van der Waals surface area (Å²) in [6.45, 7) is 0.842. The molecule has 0 aliphatic carbocycles. The Morgan fingerprint density at radius 1 is 0.960 bits per heavy atom. The van der Waals surface area contributed by atoms with Crippen LogP contribution >= 0.6 is 0 Å². The van der Waals surface area contributed by atoms with Crippen LogP contribution in [0.15, 0.2) is 60.7 Å². The van der Waals surface area contributed by atoms with E-state index in [9.17, 15) is 0 Å². The highest BCUT2D eigenvalue weighted by molar-refractivity contribution is 5.63. The summed E-state index contributed by atoms with van der Waals surface area (Å²) >= 11 is 0. The molecule has 7 heteroatoms. The number of fused-ring (bicyclic) bond motifs is 1. The number of aromatic nitrogens is 4. The highest BCUT2D eigenvalue weighted by Crippen LogP contribution is 2.20. The van der Waals surface area contributed by atoms with Crippen LogP contribution in [0.2, 0.25) is 0 Å². The van der Waals surface area contributed by atoms with E-state index in [2.05, 4.69) is 15.2 Å². The summed E-state index contributed by atoms with van der Waals surface area (Å²) in [7, 11) is 0. The zero-order chi connectivity index (χ0) is 17.1. The van der Waals surface area contributed by atoms with Crippen molar-refractivity contribution in [3.63, 3.8) is 0 Å². The van der Waals surface area contributed by atoms with E-state index >= 15 is 0 Å². The van der Waals surface area contributed by atoms with Gasteiger partial charge >= 0.3 is 0 Å².